The molecule has 1 aromatic heterocycles. The zero-order valence-corrected chi connectivity index (χ0v) is 18.9. The van der Waals surface area contributed by atoms with E-state index in [9.17, 15) is 22.4 Å². The van der Waals surface area contributed by atoms with Crippen molar-refractivity contribution in [2.75, 3.05) is 26.2 Å². The fourth-order valence-electron chi connectivity index (χ4n) is 3.52. The molecule has 0 bridgehead atoms. The third-order valence-corrected chi connectivity index (χ3v) is 6.09. The number of nitrogens with zero attached hydrogens (tertiary/aromatic N) is 2. The molecule has 1 aliphatic rings. The first-order valence-electron chi connectivity index (χ1n) is 10.1. The second-order valence-corrected chi connectivity index (χ2v) is 8.37. The Bertz CT molecular complexity index is 1140. The average molecular weight is 527 g/mol. The van der Waals surface area contributed by atoms with Gasteiger partial charge in [-0.15, -0.1) is 0 Å². The standard InChI is InChI=1S/C23H19BrF4N2O3/c24-16-4-2-1-3-14(16)12-29-7-9-30(10-8-29)23(31)19-6-5-15(33-19)13-32-22-20(27)17(25)11-18(26)21(22)28/h1-6,11H,7-10,12-13H2. The Morgan fingerprint density at radius 1 is 0.970 bits per heavy atom. The van der Waals surface area contributed by atoms with Crippen LogP contribution in [0.4, 0.5) is 17.6 Å². The lowest BCUT2D eigenvalue weighted by atomic mass is 10.2. The summed E-state index contributed by atoms with van der Waals surface area (Å²) in [5.74, 6) is -7.81. The number of benzene rings is 2. The number of rotatable bonds is 6. The highest BCUT2D eigenvalue weighted by molar-refractivity contribution is 9.10. The lowest BCUT2D eigenvalue weighted by molar-refractivity contribution is 0.0593. The van der Waals surface area contributed by atoms with E-state index in [-0.39, 0.29) is 23.5 Å². The van der Waals surface area contributed by atoms with Crippen molar-refractivity contribution in [1.29, 1.82) is 0 Å². The van der Waals surface area contributed by atoms with Crippen LogP contribution in [0.3, 0.4) is 0 Å². The van der Waals surface area contributed by atoms with Gasteiger partial charge in [-0.3, -0.25) is 9.69 Å². The van der Waals surface area contributed by atoms with Crippen molar-refractivity contribution in [1.82, 2.24) is 9.80 Å². The number of hydrogen-bond acceptors (Lipinski definition) is 4. The molecule has 2 aromatic carbocycles. The molecular formula is C23H19BrF4N2O3. The molecule has 0 N–H and O–H groups in total. The average Bonchev–Trinajstić information content (AvgIpc) is 3.28. The maximum Gasteiger partial charge on any atom is 0.289 e. The second-order valence-electron chi connectivity index (χ2n) is 7.51. The molecule has 0 unspecified atom stereocenters. The summed E-state index contributed by atoms with van der Waals surface area (Å²) in [5, 5.41) is 0. The molecular weight excluding hydrogens is 508 g/mol. The molecule has 2 heterocycles. The van der Waals surface area contributed by atoms with Crippen LogP contribution < -0.4 is 4.74 Å². The predicted molar refractivity (Wildman–Crippen MR) is 115 cm³/mol. The Morgan fingerprint density at radius 3 is 2.30 bits per heavy atom. The maximum atomic E-state index is 13.7. The number of carbonyl (C=O) groups is 1. The first-order valence-corrected chi connectivity index (χ1v) is 10.9. The summed E-state index contributed by atoms with van der Waals surface area (Å²) in [5.41, 5.74) is 1.17. The second kappa shape index (κ2) is 9.96. The lowest BCUT2D eigenvalue weighted by Gasteiger charge is -2.34. The van der Waals surface area contributed by atoms with Gasteiger partial charge in [0, 0.05) is 43.3 Å². The van der Waals surface area contributed by atoms with E-state index in [0.29, 0.717) is 26.2 Å². The van der Waals surface area contributed by atoms with Crippen LogP contribution in [0.5, 0.6) is 5.75 Å². The minimum Gasteiger partial charge on any atom is -0.479 e. The Kier molecular flexibility index (Phi) is 7.04. The van der Waals surface area contributed by atoms with Gasteiger partial charge in [-0.05, 0) is 23.8 Å². The van der Waals surface area contributed by atoms with Gasteiger partial charge < -0.3 is 14.1 Å². The molecule has 4 rings (SSSR count). The third kappa shape index (κ3) is 5.22. The summed E-state index contributed by atoms with van der Waals surface area (Å²) in [6.07, 6.45) is 0. The van der Waals surface area contributed by atoms with Gasteiger partial charge in [0.05, 0.1) is 0 Å². The van der Waals surface area contributed by atoms with E-state index >= 15 is 0 Å². The van der Waals surface area contributed by atoms with Crippen LogP contribution in [-0.2, 0) is 13.2 Å². The van der Waals surface area contributed by atoms with Crippen LogP contribution in [0.2, 0.25) is 0 Å². The molecule has 174 valence electrons. The molecule has 3 aromatic rings. The highest BCUT2D eigenvalue weighted by Gasteiger charge is 2.25. The van der Waals surface area contributed by atoms with Crippen molar-refractivity contribution in [3.8, 4) is 5.75 Å². The van der Waals surface area contributed by atoms with Gasteiger partial charge in [-0.2, -0.15) is 8.78 Å². The molecule has 1 aliphatic heterocycles. The van der Waals surface area contributed by atoms with Crippen LogP contribution >= 0.6 is 15.9 Å². The van der Waals surface area contributed by atoms with Crippen molar-refractivity contribution in [3.63, 3.8) is 0 Å². The van der Waals surface area contributed by atoms with Crippen molar-refractivity contribution < 1.29 is 31.5 Å². The van der Waals surface area contributed by atoms with Gasteiger partial charge in [0.1, 0.15) is 12.4 Å². The first-order chi connectivity index (χ1) is 15.8. The van der Waals surface area contributed by atoms with E-state index in [0.717, 1.165) is 11.0 Å². The van der Waals surface area contributed by atoms with E-state index in [2.05, 4.69) is 20.8 Å². The highest BCUT2D eigenvalue weighted by atomic mass is 79.9. The molecule has 10 heteroatoms. The van der Waals surface area contributed by atoms with Gasteiger partial charge in [-0.25, -0.2) is 8.78 Å². The van der Waals surface area contributed by atoms with Gasteiger partial charge in [0.25, 0.3) is 5.91 Å². The first kappa shape index (κ1) is 23.3. The summed E-state index contributed by atoms with van der Waals surface area (Å²) in [4.78, 5) is 16.6. The van der Waals surface area contributed by atoms with Gasteiger partial charge in [-0.1, -0.05) is 34.1 Å². The molecule has 0 spiro atoms. The Morgan fingerprint density at radius 2 is 1.64 bits per heavy atom. The van der Waals surface area contributed by atoms with Crippen LogP contribution in [-0.4, -0.2) is 41.9 Å². The van der Waals surface area contributed by atoms with Crippen LogP contribution in [0.1, 0.15) is 21.9 Å². The number of amides is 1. The van der Waals surface area contributed by atoms with E-state index in [1.165, 1.54) is 17.7 Å². The summed E-state index contributed by atoms with van der Waals surface area (Å²) >= 11 is 3.54. The zero-order chi connectivity index (χ0) is 23.5. The third-order valence-electron chi connectivity index (χ3n) is 5.31. The van der Waals surface area contributed by atoms with E-state index in [1.54, 1.807) is 4.90 Å². The SMILES string of the molecule is O=C(c1ccc(COc2c(F)c(F)cc(F)c2F)o1)N1CCN(Cc2ccccc2Br)CC1. The fraction of sp³-hybridized carbons (Fsp3) is 0.261. The van der Waals surface area contributed by atoms with Crippen LogP contribution in [0, 0.1) is 23.3 Å². The molecule has 0 saturated carbocycles. The molecule has 5 nitrogen and oxygen atoms in total. The fourth-order valence-corrected chi connectivity index (χ4v) is 3.93. The number of furan rings is 1. The highest BCUT2D eigenvalue weighted by Crippen LogP contribution is 2.27. The van der Waals surface area contributed by atoms with Crippen LogP contribution in [0.15, 0.2) is 51.4 Å². The quantitative estimate of drug-likeness (QED) is 0.329. The minimum absolute atomic E-state index is 0.0409. The van der Waals surface area contributed by atoms with E-state index in [1.807, 2.05) is 24.3 Å². The summed E-state index contributed by atoms with van der Waals surface area (Å²) < 4.78 is 65.3. The van der Waals surface area contributed by atoms with Gasteiger partial charge in [0.2, 0.25) is 11.6 Å². The largest absolute Gasteiger partial charge is 0.479 e. The Hall–Kier alpha value is -2.85. The Labute approximate surface area is 195 Å². The zero-order valence-electron chi connectivity index (χ0n) is 17.3. The van der Waals surface area contributed by atoms with Crippen LogP contribution in [0.25, 0.3) is 0 Å². The van der Waals surface area contributed by atoms with E-state index in [4.69, 9.17) is 9.15 Å². The molecule has 0 atom stereocenters. The van der Waals surface area contributed by atoms with Crippen molar-refractivity contribution >= 4 is 21.8 Å². The van der Waals surface area contributed by atoms with Gasteiger partial charge in [0.15, 0.2) is 23.1 Å². The van der Waals surface area contributed by atoms with Crippen molar-refractivity contribution in [3.05, 3.63) is 87.3 Å². The summed E-state index contributed by atoms with van der Waals surface area (Å²) in [6.45, 7) is 2.65. The topological polar surface area (TPSA) is 45.9 Å². The normalized spacial score (nSPS) is 14.5. The van der Waals surface area contributed by atoms with Crippen molar-refractivity contribution in [2.45, 2.75) is 13.2 Å². The monoisotopic (exact) mass is 526 g/mol. The molecule has 33 heavy (non-hydrogen) atoms. The maximum absolute atomic E-state index is 13.7. The lowest BCUT2D eigenvalue weighted by Crippen LogP contribution is -2.48. The number of hydrogen-bond donors (Lipinski definition) is 0. The minimum atomic E-state index is -1.64. The smallest absolute Gasteiger partial charge is 0.289 e. The number of ether oxygens (including phenoxy) is 1. The van der Waals surface area contributed by atoms with Gasteiger partial charge >= 0.3 is 0 Å². The Balaban J connectivity index is 1.33. The summed E-state index contributed by atoms with van der Waals surface area (Å²) in [6, 6.07) is 10.9. The van der Waals surface area contributed by atoms with E-state index < -0.39 is 35.6 Å². The summed E-state index contributed by atoms with van der Waals surface area (Å²) in [7, 11) is 0. The number of carbonyl (C=O) groups excluding carboxylic acids is 1. The number of halogens is 5. The molecule has 0 radical (unpaired) electrons. The number of piperazine rings is 1. The molecule has 0 aliphatic carbocycles. The van der Waals surface area contributed by atoms with Crippen molar-refractivity contribution in [2.24, 2.45) is 0 Å². The molecule has 1 amide bonds. The molecule has 1 fully saturated rings. The predicted octanol–water partition coefficient (Wildman–Crippen LogP) is 5.14. The molecule has 1 saturated heterocycles.